The monoisotopic (exact) mass is 276 g/mol. The number of hydrogen-bond acceptors (Lipinski definition) is 3. The van der Waals surface area contributed by atoms with Crippen LogP contribution >= 0.6 is 11.8 Å². The minimum Gasteiger partial charge on any atom is -0.335 e. The van der Waals surface area contributed by atoms with Crippen LogP contribution in [0.3, 0.4) is 0 Å². The number of benzene rings is 1. The highest BCUT2D eigenvalue weighted by atomic mass is 32.2. The van der Waals surface area contributed by atoms with Gasteiger partial charge in [0.25, 0.3) is 0 Å². The molecule has 1 heterocycles. The van der Waals surface area contributed by atoms with Gasteiger partial charge in [0.15, 0.2) is 5.17 Å². The molecule has 0 bridgehead atoms. The van der Waals surface area contributed by atoms with Crippen LogP contribution < -0.4 is 5.32 Å². The van der Waals surface area contributed by atoms with E-state index >= 15 is 0 Å². The Bertz CT molecular complexity index is 446. The van der Waals surface area contributed by atoms with Gasteiger partial charge in [0.1, 0.15) is 0 Å². The Morgan fingerprint density at radius 1 is 1.21 bits per heavy atom. The van der Waals surface area contributed by atoms with Gasteiger partial charge in [-0.05, 0) is 36.8 Å². The molecule has 0 aliphatic carbocycles. The van der Waals surface area contributed by atoms with E-state index in [1.807, 2.05) is 11.8 Å². The Balaban J connectivity index is 2.26. The highest BCUT2D eigenvalue weighted by Crippen LogP contribution is 2.27. The van der Waals surface area contributed by atoms with Crippen molar-refractivity contribution in [3.8, 4) is 0 Å². The van der Waals surface area contributed by atoms with Crippen LogP contribution in [0.4, 0.5) is 5.69 Å². The number of thioether (sulfide) groups is 1. The molecule has 1 aliphatic rings. The zero-order valence-corrected chi connectivity index (χ0v) is 13.2. The second kappa shape index (κ2) is 6.47. The van der Waals surface area contributed by atoms with Gasteiger partial charge in [-0.3, -0.25) is 4.99 Å². The van der Waals surface area contributed by atoms with E-state index in [4.69, 9.17) is 4.99 Å². The highest BCUT2D eigenvalue weighted by Gasteiger charge is 2.20. The molecule has 0 fully saturated rings. The predicted octanol–water partition coefficient (Wildman–Crippen LogP) is 4.35. The molecule has 0 saturated carbocycles. The number of hydrogen-bond donors (Lipinski definition) is 1. The van der Waals surface area contributed by atoms with E-state index in [9.17, 15) is 0 Å². The molecule has 2 atom stereocenters. The zero-order valence-electron chi connectivity index (χ0n) is 12.4. The number of aryl methyl sites for hydroxylation is 2. The van der Waals surface area contributed by atoms with Crippen molar-refractivity contribution in [2.45, 2.75) is 46.6 Å². The van der Waals surface area contributed by atoms with Crippen molar-refractivity contribution in [1.82, 2.24) is 0 Å². The Morgan fingerprint density at radius 2 is 1.84 bits per heavy atom. The van der Waals surface area contributed by atoms with Crippen molar-refractivity contribution in [2.75, 3.05) is 11.1 Å². The van der Waals surface area contributed by atoms with Crippen LogP contribution in [0.5, 0.6) is 0 Å². The zero-order chi connectivity index (χ0) is 13.8. The number of nitrogens with one attached hydrogen (secondary N) is 1. The SMILES string of the molecule is CCc1cccc(CC)c1NC1=NC(C)C(C)CS1. The average molecular weight is 276 g/mol. The van der Waals surface area contributed by atoms with Crippen LogP contribution in [-0.4, -0.2) is 17.0 Å². The molecule has 0 aromatic heterocycles. The summed E-state index contributed by atoms with van der Waals surface area (Å²) in [6.07, 6.45) is 2.11. The fourth-order valence-corrected chi connectivity index (χ4v) is 3.39. The topological polar surface area (TPSA) is 24.4 Å². The molecular weight excluding hydrogens is 252 g/mol. The van der Waals surface area contributed by atoms with Gasteiger partial charge in [0, 0.05) is 11.4 Å². The maximum Gasteiger partial charge on any atom is 0.161 e. The summed E-state index contributed by atoms with van der Waals surface area (Å²) in [4.78, 5) is 4.78. The summed E-state index contributed by atoms with van der Waals surface area (Å²) < 4.78 is 0. The van der Waals surface area contributed by atoms with Crippen molar-refractivity contribution in [3.63, 3.8) is 0 Å². The molecule has 1 aromatic rings. The predicted molar refractivity (Wildman–Crippen MR) is 87.3 cm³/mol. The van der Waals surface area contributed by atoms with E-state index in [2.05, 4.69) is 51.2 Å². The third-order valence-corrected chi connectivity index (χ3v) is 5.03. The first-order valence-corrected chi connectivity index (χ1v) is 8.22. The van der Waals surface area contributed by atoms with Crippen LogP contribution in [0.2, 0.25) is 0 Å². The Morgan fingerprint density at radius 3 is 2.37 bits per heavy atom. The van der Waals surface area contributed by atoms with Crippen molar-refractivity contribution >= 4 is 22.6 Å². The van der Waals surface area contributed by atoms with Gasteiger partial charge in [0.05, 0.1) is 6.04 Å². The Hall–Kier alpha value is -0.960. The molecule has 1 aliphatic heterocycles. The third-order valence-electron chi connectivity index (χ3n) is 3.86. The number of rotatable bonds is 3. The average Bonchev–Trinajstić information content (AvgIpc) is 2.43. The van der Waals surface area contributed by atoms with Crippen molar-refractivity contribution in [3.05, 3.63) is 29.3 Å². The molecule has 3 heteroatoms. The number of anilines is 1. The lowest BCUT2D eigenvalue weighted by Gasteiger charge is -2.25. The minimum atomic E-state index is 0.419. The molecule has 0 saturated heterocycles. The van der Waals surface area contributed by atoms with Gasteiger partial charge in [-0.1, -0.05) is 50.7 Å². The number of para-hydroxylation sites is 1. The fourth-order valence-electron chi connectivity index (χ4n) is 2.28. The lowest BCUT2D eigenvalue weighted by atomic mass is 10.0. The highest BCUT2D eigenvalue weighted by molar-refractivity contribution is 8.14. The van der Waals surface area contributed by atoms with Crippen molar-refractivity contribution in [1.29, 1.82) is 0 Å². The molecule has 0 spiro atoms. The van der Waals surface area contributed by atoms with Crippen LogP contribution in [0.15, 0.2) is 23.2 Å². The first kappa shape index (κ1) is 14.4. The lowest BCUT2D eigenvalue weighted by Crippen LogP contribution is -2.25. The number of nitrogens with zero attached hydrogens (tertiary/aromatic N) is 1. The fraction of sp³-hybridized carbons (Fsp3) is 0.562. The summed E-state index contributed by atoms with van der Waals surface area (Å²) in [5.41, 5.74) is 4.04. The Labute approximate surface area is 121 Å². The van der Waals surface area contributed by atoms with Crippen LogP contribution in [-0.2, 0) is 12.8 Å². The molecule has 2 unspecified atom stereocenters. The molecule has 2 rings (SSSR count). The summed E-state index contributed by atoms with van der Waals surface area (Å²) in [5.74, 6) is 1.82. The molecule has 1 aromatic carbocycles. The largest absolute Gasteiger partial charge is 0.335 e. The second-order valence-corrected chi connectivity index (χ2v) is 6.26. The van der Waals surface area contributed by atoms with Crippen LogP contribution in [0, 0.1) is 5.92 Å². The van der Waals surface area contributed by atoms with E-state index in [1.54, 1.807) is 0 Å². The van der Waals surface area contributed by atoms with E-state index in [0.29, 0.717) is 12.0 Å². The van der Waals surface area contributed by atoms with Gasteiger partial charge in [-0.25, -0.2) is 0 Å². The first-order chi connectivity index (χ1) is 9.15. The number of amidine groups is 1. The molecular formula is C16H24N2S. The van der Waals surface area contributed by atoms with Crippen LogP contribution in [0.1, 0.15) is 38.8 Å². The van der Waals surface area contributed by atoms with Crippen molar-refractivity contribution in [2.24, 2.45) is 10.9 Å². The lowest BCUT2D eigenvalue weighted by molar-refractivity contribution is 0.537. The van der Waals surface area contributed by atoms with Crippen molar-refractivity contribution < 1.29 is 0 Å². The van der Waals surface area contributed by atoms with Crippen LogP contribution in [0.25, 0.3) is 0 Å². The molecule has 1 N–H and O–H groups in total. The van der Waals surface area contributed by atoms with E-state index in [0.717, 1.165) is 23.8 Å². The Kier molecular flexibility index (Phi) is 4.92. The normalized spacial score (nSPS) is 23.1. The van der Waals surface area contributed by atoms with Gasteiger partial charge >= 0.3 is 0 Å². The van der Waals surface area contributed by atoms with E-state index in [1.165, 1.54) is 16.8 Å². The van der Waals surface area contributed by atoms with Gasteiger partial charge in [0.2, 0.25) is 0 Å². The standard InChI is InChI=1S/C16H24N2S/c1-5-13-8-7-9-14(6-2)15(13)18-16-17-12(4)11(3)10-19-16/h7-9,11-12H,5-6,10H2,1-4H3,(H,17,18). The maximum absolute atomic E-state index is 4.78. The van der Waals surface area contributed by atoms with Gasteiger partial charge < -0.3 is 5.32 Å². The molecule has 19 heavy (non-hydrogen) atoms. The number of aliphatic imine (C=N–C) groups is 1. The van der Waals surface area contributed by atoms with E-state index in [-0.39, 0.29) is 0 Å². The molecule has 0 radical (unpaired) electrons. The molecule has 2 nitrogen and oxygen atoms in total. The van der Waals surface area contributed by atoms with Gasteiger partial charge in [-0.2, -0.15) is 0 Å². The molecule has 0 amide bonds. The summed E-state index contributed by atoms with van der Waals surface area (Å²) in [6, 6.07) is 7.00. The summed E-state index contributed by atoms with van der Waals surface area (Å²) in [5, 5.41) is 4.67. The smallest absolute Gasteiger partial charge is 0.161 e. The second-order valence-electron chi connectivity index (χ2n) is 5.25. The summed E-state index contributed by atoms with van der Waals surface area (Å²) in [7, 11) is 0. The quantitative estimate of drug-likeness (QED) is 0.887. The minimum absolute atomic E-state index is 0.419. The summed E-state index contributed by atoms with van der Waals surface area (Å²) in [6.45, 7) is 8.90. The van der Waals surface area contributed by atoms with Gasteiger partial charge in [-0.15, -0.1) is 0 Å². The third kappa shape index (κ3) is 3.33. The first-order valence-electron chi connectivity index (χ1n) is 7.24. The maximum atomic E-state index is 4.78. The summed E-state index contributed by atoms with van der Waals surface area (Å²) >= 11 is 1.85. The van der Waals surface area contributed by atoms with E-state index < -0.39 is 0 Å². The molecule has 104 valence electrons.